The smallest absolute Gasteiger partial charge is 0.339 e. The van der Waals surface area contributed by atoms with Gasteiger partial charge in [0.1, 0.15) is 11.1 Å². The molecule has 2 heterocycles. The molecule has 0 radical (unpaired) electrons. The number of pyridine rings is 1. The maximum Gasteiger partial charge on any atom is 0.339 e. The van der Waals surface area contributed by atoms with E-state index in [4.69, 9.17) is 4.42 Å². The molecule has 5 heteroatoms. The second kappa shape index (κ2) is 10.5. The molecule has 0 atom stereocenters. The lowest BCUT2D eigenvalue weighted by Gasteiger charge is -2.14. The molecule has 5 nitrogen and oxygen atoms in total. The summed E-state index contributed by atoms with van der Waals surface area (Å²) >= 11 is 0. The normalized spacial score (nSPS) is 11.5. The van der Waals surface area contributed by atoms with E-state index in [1.54, 1.807) is 4.57 Å². The second-order valence-electron chi connectivity index (χ2n) is 8.19. The number of aromatic hydroxyl groups is 1. The largest absolute Gasteiger partial charge is 0.507 e. The van der Waals surface area contributed by atoms with E-state index in [1.807, 2.05) is 12.1 Å². The van der Waals surface area contributed by atoms with Crippen LogP contribution in [0.15, 0.2) is 38.3 Å². The van der Waals surface area contributed by atoms with Crippen LogP contribution in [-0.4, -0.2) is 9.67 Å². The SMILES string of the molecule is CCCCCCCn1c(=O)c2c(O)cc(=O)oc2c2cc(CCCCCC)ccc21. The highest BCUT2D eigenvalue weighted by molar-refractivity contribution is 6.04. The number of benzene rings is 1. The molecule has 0 saturated carbocycles. The molecular weight excluding hydrogens is 378 g/mol. The Morgan fingerprint density at radius 1 is 0.900 bits per heavy atom. The average Bonchev–Trinajstić information content (AvgIpc) is 2.72. The molecule has 30 heavy (non-hydrogen) atoms. The lowest BCUT2D eigenvalue weighted by Crippen LogP contribution is -2.22. The summed E-state index contributed by atoms with van der Waals surface area (Å²) in [6.45, 7) is 4.96. The Balaban J connectivity index is 2.06. The van der Waals surface area contributed by atoms with Crippen molar-refractivity contribution < 1.29 is 9.52 Å². The van der Waals surface area contributed by atoms with Gasteiger partial charge in [-0.25, -0.2) is 4.79 Å². The molecule has 1 aromatic carbocycles. The molecule has 2 aromatic heterocycles. The van der Waals surface area contributed by atoms with Gasteiger partial charge in [-0.15, -0.1) is 0 Å². The third-order valence-corrected chi connectivity index (χ3v) is 5.80. The van der Waals surface area contributed by atoms with E-state index in [-0.39, 0.29) is 22.3 Å². The molecule has 0 aliphatic heterocycles. The van der Waals surface area contributed by atoms with Crippen LogP contribution < -0.4 is 11.2 Å². The predicted molar refractivity (Wildman–Crippen MR) is 123 cm³/mol. The van der Waals surface area contributed by atoms with Crippen molar-refractivity contribution in [3.05, 3.63) is 50.6 Å². The first-order valence-electron chi connectivity index (χ1n) is 11.4. The molecule has 0 amide bonds. The lowest BCUT2D eigenvalue weighted by atomic mass is 10.0. The molecule has 3 rings (SSSR count). The van der Waals surface area contributed by atoms with Gasteiger partial charge in [-0.1, -0.05) is 64.9 Å². The fourth-order valence-electron chi connectivity index (χ4n) is 4.13. The summed E-state index contributed by atoms with van der Waals surface area (Å²) in [5.74, 6) is -0.304. The fourth-order valence-corrected chi connectivity index (χ4v) is 4.13. The van der Waals surface area contributed by atoms with Gasteiger partial charge in [-0.3, -0.25) is 4.79 Å². The first-order valence-corrected chi connectivity index (χ1v) is 11.4. The fraction of sp³-hybridized carbons (Fsp3) is 0.520. The summed E-state index contributed by atoms with van der Waals surface area (Å²) < 4.78 is 7.14. The molecular formula is C25H33NO4. The van der Waals surface area contributed by atoms with Crippen LogP contribution in [-0.2, 0) is 13.0 Å². The number of hydrogen-bond donors (Lipinski definition) is 1. The maximum absolute atomic E-state index is 13.2. The third-order valence-electron chi connectivity index (χ3n) is 5.80. The van der Waals surface area contributed by atoms with Crippen LogP contribution in [0, 0.1) is 0 Å². The third kappa shape index (κ3) is 4.94. The van der Waals surface area contributed by atoms with Crippen molar-refractivity contribution in [2.24, 2.45) is 0 Å². The molecule has 0 spiro atoms. The maximum atomic E-state index is 13.2. The van der Waals surface area contributed by atoms with Gasteiger partial charge in [-0.2, -0.15) is 0 Å². The average molecular weight is 412 g/mol. The van der Waals surface area contributed by atoms with Gasteiger partial charge >= 0.3 is 5.63 Å². The highest BCUT2D eigenvalue weighted by Gasteiger charge is 2.17. The number of unbranched alkanes of at least 4 members (excludes halogenated alkanes) is 7. The Kier molecular flexibility index (Phi) is 7.72. The van der Waals surface area contributed by atoms with Gasteiger partial charge in [0.25, 0.3) is 5.56 Å². The molecule has 1 N–H and O–H groups in total. The number of nitrogens with zero attached hydrogens (tertiary/aromatic N) is 1. The van der Waals surface area contributed by atoms with Crippen molar-refractivity contribution in [1.29, 1.82) is 0 Å². The van der Waals surface area contributed by atoms with E-state index in [0.29, 0.717) is 6.54 Å². The minimum absolute atomic E-state index is 0.0961. The van der Waals surface area contributed by atoms with Crippen LogP contribution >= 0.6 is 0 Å². The highest BCUT2D eigenvalue weighted by Crippen LogP contribution is 2.28. The number of hydrogen-bond acceptors (Lipinski definition) is 4. The first-order chi connectivity index (χ1) is 14.6. The van der Waals surface area contributed by atoms with Gasteiger partial charge in [0.05, 0.1) is 11.6 Å². The molecule has 0 aliphatic carbocycles. The Hall–Kier alpha value is -2.56. The topological polar surface area (TPSA) is 72.4 Å². The van der Waals surface area contributed by atoms with Gasteiger partial charge < -0.3 is 14.1 Å². The summed E-state index contributed by atoms with van der Waals surface area (Å²) in [5, 5.41) is 11.2. The van der Waals surface area contributed by atoms with Crippen molar-refractivity contribution >= 4 is 21.9 Å². The molecule has 162 valence electrons. The molecule has 0 bridgehead atoms. The summed E-state index contributed by atoms with van der Waals surface area (Å²) in [7, 11) is 0. The Bertz CT molecular complexity index is 1110. The minimum atomic E-state index is -0.647. The van der Waals surface area contributed by atoms with Crippen molar-refractivity contribution in [3.63, 3.8) is 0 Å². The van der Waals surface area contributed by atoms with Crippen molar-refractivity contribution in [3.8, 4) is 5.75 Å². The van der Waals surface area contributed by atoms with Crippen LogP contribution in [0.2, 0.25) is 0 Å². The second-order valence-corrected chi connectivity index (χ2v) is 8.19. The zero-order chi connectivity index (χ0) is 21.5. The summed E-state index contributed by atoms with van der Waals surface area (Å²) in [4.78, 5) is 25.1. The van der Waals surface area contributed by atoms with Crippen molar-refractivity contribution in [2.75, 3.05) is 0 Å². The molecule has 0 unspecified atom stereocenters. The van der Waals surface area contributed by atoms with Crippen LogP contribution in [0.5, 0.6) is 5.75 Å². The Labute approximate surface area is 177 Å². The highest BCUT2D eigenvalue weighted by atomic mass is 16.4. The standard InChI is InChI=1S/C25H33NO4/c1-3-5-7-9-11-15-26-20-14-13-18(12-10-8-6-4-2)16-19(20)24-23(25(26)29)21(27)17-22(28)30-24/h13-14,16-17,27H,3-12,15H2,1-2H3. The minimum Gasteiger partial charge on any atom is -0.507 e. The van der Waals surface area contributed by atoms with Crippen LogP contribution in [0.3, 0.4) is 0 Å². The lowest BCUT2D eigenvalue weighted by molar-refractivity contribution is 0.466. The Morgan fingerprint density at radius 2 is 1.60 bits per heavy atom. The van der Waals surface area contributed by atoms with E-state index in [2.05, 4.69) is 19.9 Å². The quantitative estimate of drug-likeness (QED) is 0.315. The number of aromatic nitrogens is 1. The van der Waals surface area contributed by atoms with E-state index in [1.165, 1.54) is 32.1 Å². The number of fused-ring (bicyclic) bond motifs is 3. The molecule has 0 saturated heterocycles. The number of rotatable bonds is 11. The van der Waals surface area contributed by atoms with Gasteiger partial charge in [0.15, 0.2) is 5.58 Å². The van der Waals surface area contributed by atoms with Crippen molar-refractivity contribution in [2.45, 2.75) is 84.6 Å². The van der Waals surface area contributed by atoms with Crippen molar-refractivity contribution in [1.82, 2.24) is 4.57 Å². The Morgan fingerprint density at radius 3 is 2.33 bits per heavy atom. The van der Waals surface area contributed by atoms with E-state index in [9.17, 15) is 14.7 Å². The van der Waals surface area contributed by atoms with E-state index < -0.39 is 5.63 Å². The molecule has 3 aromatic rings. The van der Waals surface area contributed by atoms with Gasteiger partial charge in [-0.05, 0) is 37.0 Å². The predicted octanol–water partition coefficient (Wildman–Crippen LogP) is 5.91. The van der Waals surface area contributed by atoms with Crippen LogP contribution in [0.1, 0.15) is 77.2 Å². The summed E-state index contributed by atoms with van der Waals surface area (Å²) in [6, 6.07) is 7.02. The number of aryl methyl sites for hydroxylation is 2. The molecule has 0 fully saturated rings. The first kappa shape index (κ1) is 22.1. The van der Waals surface area contributed by atoms with Crippen LogP contribution in [0.4, 0.5) is 0 Å². The van der Waals surface area contributed by atoms with E-state index in [0.717, 1.165) is 54.6 Å². The zero-order valence-electron chi connectivity index (χ0n) is 18.2. The van der Waals surface area contributed by atoms with Gasteiger partial charge in [0.2, 0.25) is 0 Å². The monoisotopic (exact) mass is 411 g/mol. The summed E-state index contributed by atoms with van der Waals surface area (Å²) in [5.41, 5.74) is 1.15. The van der Waals surface area contributed by atoms with Crippen LogP contribution in [0.25, 0.3) is 21.9 Å². The molecule has 0 aliphatic rings. The summed E-state index contributed by atoms with van der Waals surface area (Å²) in [6.07, 6.45) is 11.1. The zero-order valence-corrected chi connectivity index (χ0v) is 18.2. The van der Waals surface area contributed by atoms with E-state index >= 15 is 0 Å². The van der Waals surface area contributed by atoms with Gasteiger partial charge in [0, 0.05) is 11.9 Å².